The monoisotopic (exact) mass is 314 g/mol. The van der Waals surface area contributed by atoms with Gasteiger partial charge in [0.05, 0.1) is 17.4 Å². The quantitative estimate of drug-likeness (QED) is 0.933. The van der Waals surface area contributed by atoms with Crippen molar-refractivity contribution in [1.29, 1.82) is 0 Å². The van der Waals surface area contributed by atoms with Gasteiger partial charge in [0, 0.05) is 22.1 Å². The molecule has 0 aliphatic carbocycles. The molecule has 0 radical (unpaired) electrons. The molecule has 8 heteroatoms. The van der Waals surface area contributed by atoms with Crippen LogP contribution in [0.2, 0.25) is 0 Å². The topological polar surface area (TPSA) is 77.8 Å². The maximum Gasteiger partial charge on any atom is 0.232 e. The van der Waals surface area contributed by atoms with E-state index < -0.39 is 0 Å². The molecule has 0 amide bonds. The van der Waals surface area contributed by atoms with Crippen LogP contribution in [0.4, 0.5) is 5.13 Å². The van der Waals surface area contributed by atoms with Gasteiger partial charge in [0.1, 0.15) is 0 Å². The first kappa shape index (κ1) is 13.3. The van der Waals surface area contributed by atoms with Crippen molar-refractivity contribution < 1.29 is 4.52 Å². The van der Waals surface area contributed by atoms with E-state index in [4.69, 9.17) is 10.3 Å². The molecular weight excluding hydrogens is 300 g/mol. The maximum atomic E-state index is 5.61. The van der Waals surface area contributed by atoms with Gasteiger partial charge in [-0.25, -0.2) is 4.98 Å². The molecule has 2 aromatic heterocycles. The molecule has 0 saturated carbocycles. The molecule has 19 heavy (non-hydrogen) atoms. The minimum atomic E-state index is 0.330. The van der Waals surface area contributed by atoms with Crippen LogP contribution in [0.3, 0.4) is 0 Å². The highest BCUT2D eigenvalue weighted by Gasteiger charge is 2.28. The van der Waals surface area contributed by atoms with E-state index in [1.807, 2.05) is 28.9 Å². The summed E-state index contributed by atoms with van der Waals surface area (Å²) in [5, 5.41) is 7.47. The molecule has 1 fully saturated rings. The number of anilines is 1. The number of nitrogen functional groups attached to an aromatic ring is 1. The summed E-state index contributed by atoms with van der Waals surface area (Å²) in [5.74, 6) is 3.77. The summed E-state index contributed by atoms with van der Waals surface area (Å²) in [6, 6.07) is 0. The van der Waals surface area contributed by atoms with Gasteiger partial charge in [-0.05, 0) is 0 Å². The molecule has 2 atom stereocenters. The molecule has 0 bridgehead atoms. The Hall–Kier alpha value is -0.730. The highest BCUT2D eigenvalue weighted by molar-refractivity contribution is 8.06. The van der Waals surface area contributed by atoms with Crippen LogP contribution in [0.15, 0.2) is 9.90 Å². The first-order valence-corrected chi connectivity index (χ1v) is 8.95. The average Bonchev–Trinajstić information content (AvgIpc) is 3.00. The zero-order chi connectivity index (χ0) is 13.2. The number of nitrogens with two attached hydrogens (primary N) is 1. The summed E-state index contributed by atoms with van der Waals surface area (Å²) in [6.45, 7) is 2.22. The summed E-state index contributed by atoms with van der Waals surface area (Å²) in [7, 11) is 0. The summed E-state index contributed by atoms with van der Waals surface area (Å²) >= 11 is 5.30. The van der Waals surface area contributed by atoms with Gasteiger partial charge in [-0.1, -0.05) is 12.1 Å². The summed E-state index contributed by atoms with van der Waals surface area (Å²) in [4.78, 5) is 8.70. The second kappa shape index (κ2) is 5.72. The van der Waals surface area contributed by atoms with Crippen LogP contribution in [-0.2, 0) is 6.42 Å². The fourth-order valence-electron chi connectivity index (χ4n) is 1.93. The minimum Gasteiger partial charge on any atom is -0.375 e. The lowest BCUT2D eigenvalue weighted by molar-refractivity contribution is 0.378. The van der Waals surface area contributed by atoms with Gasteiger partial charge in [-0.2, -0.15) is 16.7 Å². The van der Waals surface area contributed by atoms with Crippen molar-refractivity contribution in [1.82, 2.24) is 15.1 Å². The lowest BCUT2D eigenvalue weighted by Crippen LogP contribution is -2.16. The maximum absolute atomic E-state index is 5.61. The Kier molecular flexibility index (Phi) is 3.99. The van der Waals surface area contributed by atoms with E-state index in [0.29, 0.717) is 27.9 Å². The average molecular weight is 314 g/mol. The number of aromatic nitrogens is 3. The van der Waals surface area contributed by atoms with E-state index in [0.717, 1.165) is 17.3 Å². The second-order valence-electron chi connectivity index (χ2n) is 4.27. The third-order valence-electron chi connectivity index (χ3n) is 2.83. The molecule has 0 aromatic carbocycles. The van der Waals surface area contributed by atoms with Gasteiger partial charge in [0.2, 0.25) is 5.89 Å². The molecular formula is C11H14N4OS3. The van der Waals surface area contributed by atoms with Crippen LogP contribution < -0.4 is 5.73 Å². The molecule has 1 aliphatic heterocycles. The normalized spacial score (nSPS) is 23.6. The first-order valence-electron chi connectivity index (χ1n) is 5.98. The van der Waals surface area contributed by atoms with Crippen molar-refractivity contribution in [3.05, 3.63) is 22.8 Å². The highest BCUT2D eigenvalue weighted by atomic mass is 32.2. The Morgan fingerprint density at radius 3 is 2.95 bits per heavy atom. The summed E-state index contributed by atoms with van der Waals surface area (Å²) < 4.78 is 5.32. The Bertz CT molecular complexity index is 556. The van der Waals surface area contributed by atoms with Crippen molar-refractivity contribution in [3.63, 3.8) is 0 Å². The fourth-order valence-corrected chi connectivity index (χ4v) is 5.17. The van der Waals surface area contributed by atoms with E-state index in [1.165, 1.54) is 17.1 Å². The van der Waals surface area contributed by atoms with E-state index in [2.05, 4.69) is 22.0 Å². The van der Waals surface area contributed by atoms with E-state index >= 15 is 0 Å². The van der Waals surface area contributed by atoms with Gasteiger partial charge in [-0.15, -0.1) is 23.1 Å². The van der Waals surface area contributed by atoms with Crippen molar-refractivity contribution in [2.24, 2.45) is 0 Å². The molecule has 1 aliphatic rings. The van der Waals surface area contributed by atoms with E-state index in [-0.39, 0.29) is 0 Å². The smallest absolute Gasteiger partial charge is 0.232 e. The van der Waals surface area contributed by atoms with Crippen molar-refractivity contribution in [2.45, 2.75) is 23.8 Å². The molecule has 2 unspecified atom stereocenters. The fraction of sp³-hybridized carbons (Fsp3) is 0.545. The minimum absolute atomic E-state index is 0.330. The predicted molar refractivity (Wildman–Crippen MR) is 80.7 cm³/mol. The SMILES string of the molecule is CC1SCCSC1c1noc(Cc2csc(N)n2)n1. The molecule has 0 spiro atoms. The zero-order valence-electron chi connectivity index (χ0n) is 10.4. The van der Waals surface area contributed by atoms with Gasteiger partial charge >= 0.3 is 0 Å². The number of hydrogen-bond donors (Lipinski definition) is 1. The number of thioether (sulfide) groups is 2. The Balaban J connectivity index is 1.72. The van der Waals surface area contributed by atoms with Gasteiger partial charge in [-0.3, -0.25) is 0 Å². The number of hydrogen-bond acceptors (Lipinski definition) is 8. The third kappa shape index (κ3) is 3.06. The number of nitrogens with zero attached hydrogens (tertiary/aromatic N) is 3. The Morgan fingerprint density at radius 2 is 2.21 bits per heavy atom. The van der Waals surface area contributed by atoms with Crippen molar-refractivity contribution in [2.75, 3.05) is 17.2 Å². The molecule has 2 N–H and O–H groups in total. The van der Waals surface area contributed by atoms with E-state index in [9.17, 15) is 0 Å². The lowest BCUT2D eigenvalue weighted by Gasteiger charge is -2.24. The Labute approximate surface area is 123 Å². The van der Waals surface area contributed by atoms with Gasteiger partial charge in [0.15, 0.2) is 11.0 Å². The Morgan fingerprint density at radius 1 is 1.37 bits per heavy atom. The van der Waals surface area contributed by atoms with Crippen LogP contribution in [0.1, 0.15) is 29.6 Å². The predicted octanol–water partition coefficient (Wildman–Crippen LogP) is 2.61. The molecule has 3 heterocycles. The molecule has 1 saturated heterocycles. The van der Waals surface area contributed by atoms with Gasteiger partial charge < -0.3 is 10.3 Å². The number of rotatable bonds is 3. The number of thiazole rings is 1. The van der Waals surface area contributed by atoms with Gasteiger partial charge in [0.25, 0.3) is 0 Å². The van der Waals surface area contributed by atoms with Crippen molar-refractivity contribution in [3.8, 4) is 0 Å². The van der Waals surface area contributed by atoms with Crippen LogP contribution in [0.5, 0.6) is 0 Å². The largest absolute Gasteiger partial charge is 0.375 e. The first-order chi connectivity index (χ1) is 9.22. The molecule has 102 valence electrons. The molecule has 2 aromatic rings. The van der Waals surface area contributed by atoms with Crippen LogP contribution >= 0.6 is 34.9 Å². The molecule has 5 nitrogen and oxygen atoms in total. The molecule has 3 rings (SSSR count). The zero-order valence-corrected chi connectivity index (χ0v) is 12.9. The highest BCUT2D eigenvalue weighted by Crippen LogP contribution is 2.41. The van der Waals surface area contributed by atoms with Crippen LogP contribution in [0, 0.1) is 0 Å². The second-order valence-corrected chi connectivity index (χ2v) is 7.89. The van der Waals surface area contributed by atoms with Crippen LogP contribution in [-0.4, -0.2) is 31.9 Å². The lowest BCUT2D eigenvalue weighted by atomic mass is 10.3. The van der Waals surface area contributed by atoms with E-state index in [1.54, 1.807) is 0 Å². The van der Waals surface area contributed by atoms with Crippen molar-refractivity contribution >= 4 is 40.0 Å². The van der Waals surface area contributed by atoms with Crippen LogP contribution in [0.25, 0.3) is 0 Å². The summed E-state index contributed by atoms with van der Waals surface area (Å²) in [6.07, 6.45) is 0.555. The summed E-state index contributed by atoms with van der Waals surface area (Å²) in [5.41, 5.74) is 6.49. The standard InChI is InChI=1S/C11H14N4OS3/c1-6-9(18-3-2-17-6)10-14-8(16-15-10)4-7-5-19-11(12)13-7/h5-6,9H,2-4H2,1H3,(H2,12,13). The third-order valence-corrected chi connectivity index (χ3v) is 6.64.